The third kappa shape index (κ3) is 5.69. The zero-order valence-corrected chi connectivity index (χ0v) is 17.2. The van der Waals surface area contributed by atoms with Gasteiger partial charge in [0.1, 0.15) is 18.0 Å². The van der Waals surface area contributed by atoms with E-state index in [1.54, 1.807) is 0 Å². The second kappa shape index (κ2) is 9.59. The van der Waals surface area contributed by atoms with Gasteiger partial charge in [-0.3, -0.25) is 0 Å². The molecule has 1 unspecified atom stereocenters. The van der Waals surface area contributed by atoms with Crippen LogP contribution in [0.25, 0.3) is 5.57 Å². The molecule has 10 heteroatoms. The third-order valence-corrected chi connectivity index (χ3v) is 5.14. The molecule has 0 bridgehead atoms. The van der Waals surface area contributed by atoms with Gasteiger partial charge >= 0.3 is 6.18 Å². The molecule has 1 aliphatic rings. The first-order valence-corrected chi connectivity index (χ1v) is 10.2. The summed E-state index contributed by atoms with van der Waals surface area (Å²) >= 11 is 0. The Morgan fingerprint density at radius 3 is 2.35 bits per heavy atom. The summed E-state index contributed by atoms with van der Waals surface area (Å²) in [4.78, 5) is 12.4. The maximum Gasteiger partial charge on any atom is 0.408 e. The maximum absolute atomic E-state index is 14.5. The van der Waals surface area contributed by atoms with Crippen molar-refractivity contribution in [3.8, 4) is 0 Å². The van der Waals surface area contributed by atoms with E-state index in [2.05, 4.69) is 25.6 Å². The van der Waals surface area contributed by atoms with Crippen LogP contribution in [0.1, 0.15) is 57.0 Å². The van der Waals surface area contributed by atoms with Crippen LogP contribution in [0.4, 0.5) is 29.5 Å². The molecule has 0 saturated heterocycles. The summed E-state index contributed by atoms with van der Waals surface area (Å²) < 4.78 is 54.3. The fourth-order valence-corrected chi connectivity index (χ4v) is 3.37. The first-order chi connectivity index (χ1) is 14.7. The minimum Gasteiger partial charge on any atom is -0.386 e. The van der Waals surface area contributed by atoms with Crippen LogP contribution in [0.3, 0.4) is 0 Å². The van der Waals surface area contributed by atoms with Gasteiger partial charge in [0.05, 0.1) is 6.04 Å². The fraction of sp³-hybridized carbons (Fsp3) is 0.476. The van der Waals surface area contributed by atoms with Crippen molar-refractivity contribution in [3.63, 3.8) is 0 Å². The first-order valence-electron chi connectivity index (χ1n) is 10.2. The van der Waals surface area contributed by atoms with E-state index >= 15 is 0 Å². The molecule has 0 fully saturated rings. The van der Waals surface area contributed by atoms with Crippen molar-refractivity contribution in [1.82, 2.24) is 15.0 Å². The molecule has 0 aliphatic heterocycles. The molecule has 1 heterocycles. The second-order valence-electron chi connectivity index (χ2n) is 7.46. The monoisotopic (exact) mass is 439 g/mol. The lowest BCUT2D eigenvalue weighted by molar-refractivity contribution is -0.143. The van der Waals surface area contributed by atoms with E-state index in [4.69, 9.17) is 0 Å². The molecule has 3 rings (SSSR count). The van der Waals surface area contributed by atoms with Crippen molar-refractivity contribution in [2.45, 2.75) is 63.9 Å². The summed E-state index contributed by atoms with van der Waals surface area (Å²) in [6.45, 7) is 3.24. The van der Waals surface area contributed by atoms with Gasteiger partial charge in [0.25, 0.3) is 0 Å². The Balaban J connectivity index is 1.98. The second-order valence-corrected chi connectivity index (χ2v) is 7.46. The summed E-state index contributed by atoms with van der Waals surface area (Å²) in [6, 6.07) is 7.23. The molecular formula is C21H25F4N5O. The number of allylic oxidation sites excluding steroid dienone is 1. The predicted octanol–water partition coefficient (Wildman–Crippen LogP) is 5.02. The van der Waals surface area contributed by atoms with Crippen LogP contribution in [0.2, 0.25) is 0 Å². The maximum atomic E-state index is 14.5. The highest BCUT2D eigenvalue weighted by Crippen LogP contribution is 2.33. The van der Waals surface area contributed by atoms with Crippen molar-refractivity contribution >= 4 is 17.5 Å². The molecule has 1 aromatic carbocycles. The van der Waals surface area contributed by atoms with Crippen LogP contribution < -0.4 is 10.6 Å². The summed E-state index contributed by atoms with van der Waals surface area (Å²) in [5, 5.41) is 15.2. The van der Waals surface area contributed by atoms with Crippen molar-refractivity contribution in [2.24, 2.45) is 0 Å². The zero-order valence-electron chi connectivity index (χ0n) is 17.2. The molecule has 2 aromatic rings. The molecule has 6 nitrogen and oxygen atoms in total. The molecule has 3 N–H and O–H groups in total. The molecule has 1 aromatic heterocycles. The Bertz CT molecular complexity index is 920. The first kappa shape index (κ1) is 22.9. The van der Waals surface area contributed by atoms with Crippen LogP contribution in [0.5, 0.6) is 0 Å². The number of aromatic nitrogens is 3. The average Bonchev–Trinajstić information content (AvgIpc) is 2.73. The number of benzene rings is 1. The number of hydrogen-bond donors (Lipinski definition) is 3. The number of anilines is 2. The number of nitrogens with one attached hydrogen (secondary N) is 2. The Labute approximate surface area is 177 Å². The normalized spacial score (nSPS) is 19.1. The van der Waals surface area contributed by atoms with E-state index in [0.29, 0.717) is 6.42 Å². The summed E-state index contributed by atoms with van der Waals surface area (Å²) in [5.41, 5.74) is 0.999. The van der Waals surface area contributed by atoms with E-state index in [0.717, 1.165) is 5.56 Å². The Morgan fingerprint density at radius 1 is 1.10 bits per heavy atom. The fourth-order valence-electron chi connectivity index (χ4n) is 3.37. The summed E-state index contributed by atoms with van der Waals surface area (Å²) in [6.07, 6.45) is -4.94. The molecule has 0 amide bonds. The lowest BCUT2D eigenvalue weighted by Crippen LogP contribution is -2.36. The van der Waals surface area contributed by atoms with E-state index in [1.165, 1.54) is 6.92 Å². The SMILES string of the molecule is CC[C@@H](Nc1nc(N[C@@H](C)c2ccccc2)nc(C2=C(F)C(O)CCC2)n1)C(F)(F)F. The molecular weight excluding hydrogens is 414 g/mol. The molecule has 0 spiro atoms. The molecule has 3 atom stereocenters. The predicted molar refractivity (Wildman–Crippen MR) is 110 cm³/mol. The van der Waals surface area contributed by atoms with E-state index in [-0.39, 0.29) is 48.6 Å². The zero-order chi connectivity index (χ0) is 22.6. The topological polar surface area (TPSA) is 83.0 Å². The summed E-state index contributed by atoms with van der Waals surface area (Å²) in [5.74, 6) is -1.14. The largest absolute Gasteiger partial charge is 0.408 e. The van der Waals surface area contributed by atoms with Gasteiger partial charge in [-0.1, -0.05) is 37.3 Å². The van der Waals surface area contributed by atoms with Gasteiger partial charge < -0.3 is 15.7 Å². The van der Waals surface area contributed by atoms with Gasteiger partial charge in [0.2, 0.25) is 11.9 Å². The van der Waals surface area contributed by atoms with Crippen LogP contribution in [0.15, 0.2) is 36.2 Å². The minimum absolute atomic E-state index is 0.0150. The Kier molecular flexibility index (Phi) is 7.09. The number of hydrogen-bond acceptors (Lipinski definition) is 6. The Hall–Kier alpha value is -2.75. The number of aliphatic hydroxyl groups is 1. The highest BCUT2D eigenvalue weighted by molar-refractivity contribution is 5.65. The lowest BCUT2D eigenvalue weighted by Gasteiger charge is -2.22. The van der Waals surface area contributed by atoms with E-state index < -0.39 is 24.1 Å². The molecule has 168 valence electrons. The van der Waals surface area contributed by atoms with E-state index in [9.17, 15) is 22.7 Å². The van der Waals surface area contributed by atoms with Gasteiger partial charge in [-0.25, -0.2) is 4.39 Å². The number of nitrogens with zero attached hydrogens (tertiary/aromatic N) is 3. The van der Waals surface area contributed by atoms with Gasteiger partial charge in [-0.15, -0.1) is 0 Å². The van der Waals surface area contributed by atoms with Gasteiger partial charge in [0, 0.05) is 5.57 Å². The highest BCUT2D eigenvalue weighted by atomic mass is 19.4. The minimum atomic E-state index is -4.50. The van der Waals surface area contributed by atoms with Crippen molar-refractivity contribution < 1.29 is 22.7 Å². The molecule has 1 aliphatic carbocycles. The number of aliphatic hydroxyl groups excluding tert-OH is 1. The standard InChI is InChI=1S/C21H25F4N5O/c1-3-16(21(23,24)25)27-20-29-18(14-10-7-11-15(31)17(14)22)28-19(30-20)26-12(2)13-8-5-4-6-9-13/h4-6,8-9,12,15-16,31H,3,7,10-11H2,1-2H3,(H2,26,27,28,29,30)/t12-,15?,16+/m0/s1. The van der Waals surface area contributed by atoms with Gasteiger partial charge in [-0.05, 0) is 38.2 Å². The van der Waals surface area contributed by atoms with Crippen molar-refractivity contribution in [2.75, 3.05) is 10.6 Å². The van der Waals surface area contributed by atoms with Crippen LogP contribution >= 0.6 is 0 Å². The van der Waals surface area contributed by atoms with Gasteiger partial charge in [0.15, 0.2) is 5.82 Å². The summed E-state index contributed by atoms with van der Waals surface area (Å²) in [7, 11) is 0. The Morgan fingerprint density at radius 2 is 1.74 bits per heavy atom. The average molecular weight is 439 g/mol. The van der Waals surface area contributed by atoms with Crippen LogP contribution in [-0.4, -0.2) is 38.4 Å². The number of alkyl halides is 3. The lowest BCUT2D eigenvalue weighted by atomic mass is 9.96. The molecule has 31 heavy (non-hydrogen) atoms. The quantitative estimate of drug-likeness (QED) is 0.526. The molecule has 0 saturated carbocycles. The van der Waals surface area contributed by atoms with Crippen molar-refractivity contribution in [1.29, 1.82) is 0 Å². The van der Waals surface area contributed by atoms with Crippen LogP contribution in [0, 0.1) is 0 Å². The number of rotatable bonds is 7. The number of halogens is 4. The van der Waals surface area contributed by atoms with Crippen molar-refractivity contribution in [3.05, 3.63) is 47.5 Å². The van der Waals surface area contributed by atoms with Crippen LogP contribution in [-0.2, 0) is 0 Å². The van der Waals surface area contributed by atoms with Gasteiger partial charge in [-0.2, -0.15) is 28.1 Å². The molecule has 0 radical (unpaired) electrons. The smallest absolute Gasteiger partial charge is 0.386 e. The van der Waals surface area contributed by atoms with E-state index in [1.807, 2.05) is 37.3 Å². The third-order valence-electron chi connectivity index (χ3n) is 5.14. The highest BCUT2D eigenvalue weighted by Gasteiger charge is 2.39.